The number of allylic oxidation sites excluding steroid dienone is 2. The minimum atomic E-state index is 1.17. The van der Waals surface area contributed by atoms with Gasteiger partial charge in [0.2, 0.25) is 0 Å². The van der Waals surface area contributed by atoms with Gasteiger partial charge in [-0.1, -0.05) is 11.1 Å². The summed E-state index contributed by atoms with van der Waals surface area (Å²) in [6.07, 6.45) is 6.76. The Labute approximate surface area is 132 Å². The first kappa shape index (κ1) is 9.90. The maximum Gasteiger partial charge on any atom is -0.0132 e. The topological polar surface area (TPSA) is 0 Å². The molecule has 12 aliphatic rings. The molecule has 0 nitrogen and oxygen atoms in total. The fourth-order valence-corrected chi connectivity index (χ4v) is 13.4. The Morgan fingerprint density at radius 2 is 0.636 bits per heavy atom. The first-order valence-corrected chi connectivity index (χ1v) is 10.7. The summed E-state index contributed by atoms with van der Waals surface area (Å²) in [6.45, 7) is 0. The van der Waals surface area contributed by atoms with Crippen molar-refractivity contribution in [2.24, 2.45) is 94.7 Å². The Hall–Kier alpha value is -0.260. The largest absolute Gasteiger partial charge is 0.0630 e. The van der Waals surface area contributed by atoms with E-state index in [1.807, 2.05) is 0 Å². The van der Waals surface area contributed by atoms with Crippen molar-refractivity contribution in [2.75, 3.05) is 0 Å². The molecule has 0 aliphatic heterocycles. The molecule has 12 bridgehead atoms. The van der Waals surface area contributed by atoms with Gasteiger partial charge in [-0.25, -0.2) is 0 Å². The summed E-state index contributed by atoms with van der Waals surface area (Å²) in [4.78, 5) is 0. The predicted molar refractivity (Wildman–Crippen MR) is 81.3 cm³/mol. The highest BCUT2D eigenvalue weighted by Gasteiger charge is 2.83. The molecule has 0 N–H and O–H groups in total. The van der Waals surface area contributed by atoms with Crippen molar-refractivity contribution in [3.63, 3.8) is 0 Å². The van der Waals surface area contributed by atoms with Gasteiger partial charge in [0.1, 0.15) is 0 Å². The van der Waals surface area contributed by atoms with Crippen molar-refractivity contribution in [3.8, 4) is 0 Å². The van der Waals surface area contributed by atoms with E-state index in [1.54, 1.807) is 25.7 Å². The predicted octanol–water partition coefficient (Wildman–Crippen LogP) is 3.84. The van der Waals surface area contributed by atoms with Crippen LogP contribution in [0.2, 0.25) is 0 Å². The molecule has 12 fully saturated rings. The third-order valence-electron chi connectivity index (χ3n) is 12.5. The fourth-order valence-electron chi connectivity index (χ4n) is 13.4. The SMILES string of the molecule is C1C2C3CC4C5C(=C6C7C8CC9C%10CC(C6C%108)C97)C(C1C35)C24. The van der Waals surface area contributed by atoms with Gasteiger partial charge in [0.15, 0.2) is 0 Å². The van der Waals surface area contributed by atoms with E-state index in [1.165, 1.54) is 94.7 Å². The van der Waals surface area contributed by atoms with Gasteiger partial charge >= 0.3 is 0 Å². The lowest BCUT2D eigenvalue weighted by atomic mass is 9.71. The highest BCUT2D eigenvalue weighted by Crippen LogP contribution is 2.89. The Morgan fingerprint density at radius 1 is 0.364 bits per heavy atom. The molecule has 16 unspecified atom stereocenters. The van der Waals surface area contributed by atoms with Gasteiger partial charge < -0.3 is 0 Å². The van der Waals surface area contributed by atoms with E-state index >= 15 is 0 Å². The molecule has 16 atom stereocenters. The zero-order valence-corrected chi connectivity index (χ0v) is 13.1. The lowest BCUT2D eigenvalue weighted by Gasteiger charge is -2.33. The zero-order chi connectivity index (χ0) is 13.2. The van der Waals surface area contributed by atoms with E-state index in [-0.39, 0.29) is 0 Å². The summed E-state index contributed by atoms with van der Waals surface area (Å²) in [7, 11) is 0. The maximum absolute atomic E-state index is 2.24. The second-order valence-corrected chi connectivity index (χ2v) is 11.6. The third-order valence-corrected chi connectivity index (χ3v) is 12.5. The van der Waals surface area contributed by atoms with E-state index < -0.39 is 0 Å². The third kappa shape index (κ3) is 0.597. The van der Waals surface area contributed by atoms with Crippen molar-refractivity contribution in [3.05, 3.63) is 11.1 Å². The van der Waals surface area contributed by atoms with E-state index in [2.05, 4.69) is 11.1 Å². The molecule has 0 saturated heterocycles. The van der Waals surface area contributed by atoms with Crippen LogP contribution in [0.25, 0.3) is 0 Å². The highest BCUT2D eigenvalue weighted by molar-refractivity contribution is 5.50. The van der Waals surface area contributed by atoms with Crippen LogP contribution in [0.4, 0.5) is 0 Å². The van der Waals surface area contributed by atoms with Crippen molar-refractivity contribution < 1.29 is 0 Å². The van der Waals surface area contributed by atoms with Crippen LogP contribution in [0.3, 0.4) is 0 Å². The van der Waals surface area contributed by atoms with Crippen LogP contribution < -0.4 is 0 Å². The second kappa shape index (κ2) is 2.42. The molecule has 0 aromatic heterocycles. The smallest absolute Gasteiger partial charge is 0.0132 e. The molecular formula is C22H24. The summed E-state index contributed by atoms with van der Waals surface area (Å²) < 4.78 is 0. The first-order chi connectivity index (χ1) is 10.9. The van der Waals surface area contributed by atoms with Gasteiger partial charge in [0, 0.05) is 0 Å². The van der Waals surface area contributed by atoms with E-state index in [4.69, 9.17) is 0 Å². The molecule has 22 heavy (non-hydrogen) atoms. The summed E-state index contributed by atoms with van der Waals surface area (Å²) in [6, 6.07) is 0. The minimum Gasteiger partial charge on any atom is -0.0630 e. The average molecular weight is 288 g/mol. The van der Waals surface area contributed by atoms with Gasteiger partial charge in [0.05, 0.1) is 0 Å². The zero-order valence-electron chi connectivity index (χ0n) is 13.1. The molecule has 12 saturated carbocycles. The van der Waals surface area contributed by atoms with Crippen molar-refractivity contribution in [2.45, 2.75) is 25.7 Å². The van der Waals surface area contributed by atoms with Crippen LogP contribution >= 0.6 is 0 Å². The van der Waals surface area contributed by atoms with Crippen LogP contribution in [-0.2, 0) is 0 Å². The van der Waals surface area contributed by atoms with E-state index in [0.717, 1.165) is 0 Å². The minimum absolute atomic E-state index is 1.17. The molecule has 12 aliphatic carbocycles. The monoisotopic (exact) mass is 288 g/mol. The lowest BCUT2D eigenvalue weighted by Crippen LogP contribution is -2.30. The molecule has 0 heteroatoms. The van der Waals surface area contributed by atoms with E-state index in [9.17, 15) is 0 Å². The normalized spacial score (nSPS) is 86.2. The van der Waals surface area contributed by atoms with Crippen LogP contribution in [0, 0.1) is 94.7 Å². The number of hydrogen-bond donors (Lipinski definition) is 0. The Bertz CT molecular complexity index is 623. The second-order valence-electron chi connectivity index (χ2n) is 11.6. The summed E-state index contributed by atoms with van der Waals surface area (Å²) >= 11 is 0. The van der Waals surface area contributed by atoms with Gasteiger partial charge in [-0.2, -0.15) is 0 Å². The molecule has 112 valence electrons. The van der Waals surface area contributed by atoms with Crippen LogP contribution in [0.15, 0.2) is 11.1 Å². The van der Waals surface area contributed by atoms with Gasteiger partial charge in [-0.05, 0) is 120 Å². The van der Waals surface area contributed by atoms with E-state index in [0.29, 0.717) is 0 Å². The van der Waals surface area contributed by atoms with Gasteiger partial charge in [-0.3, -0.25) is 0 Å². The average Bonchev–Trinajstić information content (AvgIpc) is 3.23. The molecule has 0 heterocycles. The molecule has 0 aromatic carbocycles. The van der Waals surface area contributed by atoms with Crippen LogP contribution in [-0.4, -0.2) is 0 Å². The van der Waals surface area contributed by atoms with Gasteiger partial charge in [-0.15, -0.1) is 0 Å². The molecule has 0 aromatic rings. The van der Waals surface area contributed by atoms with Crippen molar-refractivity contribution in [1.82, 2.24) is 0 Å². The molecule has 0 amide bonds. The quantitative estimate of drug-likeness (QED) is 0.594. The van der Waals surface area contributed by atoms with Crippen LogP contribution in [0.5, 0.6) is 0 Å². The van der Waals surface area contributed by atoms with Crippen LogP contribution in [0.1, 0.15) is 25.7 Å². The molecule has 0 spiro atoms. The summed E-state index contributed by atoms with van der Waals surface area (Å²) in [5, 5.41) is 0. The maximum atomic E-state index is 2.24. The Balaban J connectivity index is 1.31. The molecule has 0 radical (unpaired) electrons. The first-order valence-electron chi connectivity index (χ1n) is 10.7. The van der Waals surface area contributed by atoms with Crippen molar-refractivity contribution >= 4 is 0 Å². The molecule has 12 rings (SSSR count). The Kier molecular flexibility index (Phi) is 1.09. The highest BCUT2D eigenvalue weighted by atomic mass is 14.9. The molecular weight excluding hydrogens is 264 g/mol. The Morgan fingerprint density at radius 3 is 0.909 bits per heavy atom. The number of hydrogen-bond acceptors (Lipinski definition) is 0. The fraction of sp³-hybridized carbons (Fsp3) is 0.909. The summed E-state index contributed by atoms with van der Waals surface area (Å²) in [5.41, 5.74) is 4.48. The standard InChI is InChI=1S/C22H24/c1-5-6-2-10-13(5)17-9(1)14(6)18(10)21(17)22-19-11-3-7-8-4-12(15(7)19)20(22)16(8)11/h5-20H,1-4H2. The number of rotatable bonds is 0. The lowest BCUT2D eigenvalue weighted by molar-refractivity contribution is 0.132. The van der Waals surface area contributed by atoms with Crippen molar-refractivity contribution in [1.29, 1.82) is 0 Å². The summed E-state index contributed by atoms with van der Waals surface area (Å²) in [5.74, 6) is 19.4. The van der Waals surface area contributed by atoms with Gasteiger partial charge in [0.25, 0.3) is 0 Å².